The summed E-state index contributed by atoms with van der Waals surface area (Å²) in [6.07, 6.45) is 0. The summed E-state index contributed by atoms with van der Waals surface area (Å²) in [5, 5.41) is 11.6. The molecule has 0 unspecified atom stereocenters. The van der Waals surface area contributed by atoms with Crippen LogP contribution in [0.5, 0.6) is 5.75 Å². The first-order chi connectivity index (χ1) is 15.9. The molecule has 1 N–H and O–H groups in total. The summed E-state index contributed by atoms with van der Waals surface area (Å²) in [5.74, 6) is -0.226. The second kappa shape index (κ2) is 10.6. The molecule has 33 heavy (non-hydrogen) atoms. The predicted molar refractivity (Wildman–Crippen MR) is 121 cm³/mol. The summed E-state index contributed by atoms with van der Waals surface area (Å²) in [6, 6.07) is 11.6. The summed E-state index contributed by atoms with van der Waals surface area (Å²) >= 11 is 1.20. The van der Waals surface area contributed by atoms with E-state index >= 15 is 0 Å². The molecule has 2 aromatic carbocycles. The van der Waals surface area contributed by atoms with E-state index in [-0.39, 0.29) is 28.5 Å². The van der Waals surface area contributed by atoms with Crippen molar-refractivity contribution in [2.75, 3.05) is 32.4 Å². The third-order valence-electron chi connectivity index (χ3n) is 4.57. The molecule has 0 spiro atoms. The molecule has 0 aliphatic rings. The first-order valence-corrected chi connectivity index (χ1v) is 10.6. The van der Waals surface area contributed by atoms with Gasteiger partial charge in [-0.1, -0.05) is 11.8 Å². The number of anilines is 1. The summed E-state index contributed by atoms with van der Waals surface area (Å²) in [6.45, 7) is 0. The first-order valence-electron chi connectivity index (χ1n) is 9.64. The van der Waals surface area contributed by atoms with Crippen LogP contribution < -0.4 is 10.1 Å². The van der Waals surface area contributed by atoms with Crippen molar-refractivity contribution in [1.82, 2.24) is 14.8 Å². The Kier molecular flexibility index (Phi) is 7.67. The van der Waals surface area contributed by atoms with E-state index in [1.54, 1.807) is 11.7 Å². The van der Waals surface area contributed by atoms with Crippen LogP contribution in [0.2, 0.25) is 0 Å². The van der Waals surface area contributed by atoms with Gasteiger partial charge in [0.1, 0.15) is 5.75 Å². The largest absolute Gasteiger partial charge is 0.497 e. The molecule has 0 saturated heterocycles. The first kappa shape index (κ1) is 23.8. The maximum Gasteiger partial charge on any atom is 0.337 e. The minimum absolute atomic E-state index is 0.0323. The Morgan fingerprint density at radius 1 is 0.939 bits per heavy atom. The monoisotopic (exact) mass is 470 g/mol. The molecule has 1 aromatic heterocycles. The number of carbonyl (C=O) groups is 3. The molecule has 172 valence electrons. The molecule has 1 amide bonds. The Bertz CT molecular complexity index is 1140. The number of methoxy groups -OCH3 is 3. The Balaban J connectivity index is 1.70. The molecular weight excluding hydrogens is 448 g/mol. The standard InChI is InChI=1S/C22H22N4O6S/c1-26-19(13-5-7-17(30-2)8-6-13)24-25-22(26)33-12-18(27)23-16-10-14(20(28)31-3)9-15(11-16)21(29)32-4/h5-11H,12H2,1-4H3,(H,23,27). The van der Waals surface area contributed by atoms with Gasteiger partial charge in [-0.3, -0.25) is 4.79 Å². The normalized spacial score (nSPS) is 10.4. The van der Waals surface area contributed by atoms with Crippen molar-refractivity contribution >= 4 is 35.3 Å². The molecule has 1 heterocycles. The molecule has 10 nitrogen and oxygen atoms in total. The number of rotatable bonds is 8. The van der Waals surface area contributed by atoms with Gasteiger partial charge in [-0.2, -0.15) is 0 Å². The van der Waals surface area contributed by atoms with Crippen LogP contribution in [0.25, 0.3) is 11.4 Å². The van der Waals surface area contributed by atoms with Crippen LogP contribution >= 0.6 is 11.8 Å². The number of amides is 1. The van der Waals surface area contributed by atoms with Crippen molar-refractivity contribution in [1.29, 1.82) is 0 Å². The Labute approximate surface area is 194 Å². The number of hydrogen-bond acceptors (Lipinski definition) is 9. The average Bonchev–Trinajstić information content (AvgIpc) is 3.21. The minimum atomic E-state index is -0.643. The fourth-order valence-electron chi connectivity index (χ4n) is 2.93. The Morgan fingerprint density at radius 2 is 1.55 bits per heavy atom. The Morgan fingerprint density at radius 3 is 2.09 bits per heavy atom. The molecule has 11 heteroatoms. The lowest BCUT2D eigenvalue weighted by molar-refractivity contribution is -0.113. The van der Waals surface area contributed by atoms with E-state index in [0.717, 1.165) is 11.3 Å². The van der Waals surface area contributed by atoms with E-state index < -0.39 is 11.9 Å². The van der Waals surface area contributed by atoms with Crippen molar-refractivity contribution in [3.05, 3.63) is 53.6 Å². The van der Waals surface area contributed by atoms with Gasteiger partial charge in [0.15, 0.2) is 11.0 Å². The molecule has 0 fully saturated rings. The van der Waals surface area contributed by atoms with Crippen LogP contribution in [0.1, 0.15) is 20.7 Å². The van der Waals surface area contributed by atoms with Gasteiger partial charge in [-0.05, 0) is 42.5 Å². The number of aromatic nitrogens is 3. The average molecular weight is 471 g/mol. The number of nitrogens with zero attached hydrogens (tertiary/aromatic N) is 3. The van der Waals surface area contributed by atoms with Crippen molar-refractivity contribution in [2.24, 2.45) is 7.05 Å². The molecule has 0 saturated carbocycles. The van der Waals surface area contributed by atoms with Crippen LogP contribution in [0.4, 0.5) is 5.69 Å². The maximum atomic E-state index is 12.5. The van der Waals surface area contributed by atoms with E-state index in [4.69, 9.17) is 14.2 Å². The number of carbonyl (C=O) groups excluding carboxylic acids is 3. The topological polar surface area (TPSA) is 122 Å². The van der Waals surface area contributed by atoms with Crippen molar-refractivity contribution in [3.63, 3.8) is 0 Å². The summed E-state index contributed by atoms with van der Waals surface area (Å²) in [5.41, 5.74) is 1.35. The van der Waals surface area contributed by atoms with Crippen molar-refractivity contribution in [2.45, 2.75) is 5.16 Å². The van der Waals surface area contributed by atoms with Gasteiger partial charge in [0, 0.05) is 18.3 Å². The van der Waals surface area contributed by atoms with Crippen LogP contribution in [0.3, 0.4) is 0 Å². The van der Waals surface area contributed by atoms with E-state index in [1.165, 1.54) is 44.2 Å². The van der Waals surface area contributed by atoms with Gasteiger partial charge in [-0.15, -0.1) is 10.2 Å². The zero-order chi connectivity index (χ0) is 24.0. The highest BCUT2D eigenvalue weighted by Gasteiger charge is 2.16. The molecule has 0 aliphatic carbocycles. The van der Waals surface area contributed by atoms with Crippen LogP contribution in [0, 0.1) is 0 Å². The zero-order valence-corrected chi connectivity index (χ0v) is 19.3. The number of ether oxygens (including phenoxy) is 3. The summed E-state index contributed by atoms with van der Waals surface area (Å²) in [7, 11) is 5.85. The van der Waals surface area contributed by atoms with Gasteiger partial charge in [0.05, 0.1) is 38.2 Å². The van der Waals surface area contributed by atoms with E-state index in [1.807, 2.05) is 31.3 Å². The lowest BCUT2D eigenvalue weighted by Crippen LogP contribution is -2.16. The van der Waals surface area contributed by atoms with E-state index in [2.05, 4.69) is 15.5 Å². The quantitative estimate of drug-likeness (QED) is 0.391. The lowest BCUT2D eigenvalue weighted by Gasteiger charge is -2.09. The third kappa shape index (κ3) is 5.69. The van der Waals surface area contributed by atoms with Crippen LogP contribution in [0.15, 0.2) is 47.6 Å². The molecule has 3 rings (SSSR count). The van der Waals surface area contributed by atoms with Gasteiger partial charge in [0.2, 0.25) is 5.91 Å². The number of esters is 2. The second-order valence-corrected chi connectivity index (χ2v) is 7.66. The third-order valence-corrected chi connectivity index (χ3v) is 5.59. The molecule has 0 aliphatic heterocycles. The molecular formula is C22H22N4O6S. The highest BCUT2D eigenvalue weighted by molar-refractivity contribution is 7.99. The maximum absolute atomic E-state index is 12.5. The van der Waals surface area contributed by atoms with Gasteiger partial charge >= 0.3 is 11.9 Å². The smallest absolute Gasteiger partial charge is 0.337 e. The summed E-state index contributed by atoms with van der Waals surface area (Å²) in [4.78, 5) is 36.3. The highest BCUT2D eigenvalue weighted by atomic mass is 32.2. The number of hydrogen-bond donors (Lipinski definition) is 1. The van der Waals surface area contributed by atoms with Crippen molar-refractivity contribution < 1.29 is 28.6 Å². The number of benzene rings is 2. The number of thioether (sulfide) groups is 1. The molecule has 0 atom stereocenters. The summed E-state index contributed by atoms with van der Waals surface area (Å²) < 4.78 is 16.4. The molecule has 0 bridgehead atoms. The Hall–Kier alpha value is -3.86. The van der Waals surface area contributed by atoms with Gasteiger partial charge in [0.25, 0.3) is 0 Å². The SMILES string of the molecule is COC(=O)c1cc(NC(=O)CSc2nnc(-c3ccc(OC)cc3)n2C)cc(C(=O)OC)c1. The van der Waals surface area contributed by atoms with Crippen LogP contribution in [-0.2, 0) is 21.3 Å². The lowest BCUT2D eigenvalue weighted by atomic mass is 10.1. The highest BCUT2D eigenvalue weighted by Crippen LogP contribution is 2.25. The fraction of sp³-hybridized carbons (Fsp3) is 0.227. The fourth-order valence-corrected chi connectivity index (χ4v) is 3.64. The van der Waals surface area contributed by atoms with Crippen molar-refractivity contribution in [3.8, 4) is 17.1 Å². The minimum Gasteiger partial charge on any atom is -0.497 e. The molecule has 0 radical (unpaired) electrons. The zero-order valence-electron chi connectivity index (χ0n) is 18.4. The predicted octanol–water partition coefficient (Wildman–Crippen LogP) is 2.79. The second-order valence-electron chi connectivity index (χ2n) is 6.71. The van der Waals surface area contributed by atoms with Gasteiger partial charge in [-0.25, -0.2) is 9.59 Å². The van der Waals surface area contributed by atoms with Gasteiger partial charge < -0.3 is 24.1 Å². The number of nitrogens with one attached hydrogen (secondary N) is 1. The van der Waals surface area contributed by atoms with Crippen LogP contribution in [-0.4, -0.2) is 59.7 Å². The molecule has 3 aromatic rings. The van der Waals surface area contributed by atoms with E-state index in [0.29, 0.717) is 11.0 Å². The van der Waals surface area contributed by atoms with E-state index in [9.17, 15) is 14.4 Å².